The minimum atomic E-state index is -4.93. The van der Waals surface area contributed by atoms with Crippen molar-refractivity contribution >= 4 is 23.3 Å². The van der Waals surface area contributed by atoms with Crippen molar-refractivity contribution in [2.24, 2.45) is 0 Å². The number of halogens is 3. The number of pyridine rings is 1. The molecule has 11 nitrogen and oxygen atoms in total. The van der Waals surface area contributed by atoms with Gasteiger partial charge in [-0.2, -0.15) is 23.4 Å². The lowest BCUT2D eigenvalue weighted by molar-refractivity contribution is -0.143. The van der Waals surface area contributed by atoms with Crippen LogP contribution in [0.2, 0.25) is 0 Å². The summed E-state index contributed by atoms with van der Waals surface area (Å²) in [7, 11) is 0. The number of H-pyrrole nitrogens is 1. The summed E-state index contributed by atoms with van der Waals surface area (Å²) >= 11 is 0. The lowest BCUT2D eigenvalue weighted by Crippen LogP contribution is -2.48. The molecule has 0 spiro atoms. The van der Waals surface area contributed by atoms with Gasteiger partial charge in [-0.25, -0.2) is 14.8 Å². The molecule has 3 aromatic heterocycles. The van der Waals surface area contributed by atoms with Gasteiger partial charge in [0.2, 0.25) is 5.91 Å². The quantitative estimate of drug-likeness (QED) is 0.530. The van der Waals surface area contributed by atoms with Crippen molar-refractivity contribution in [3.05, 3.63) is 58.3 Å². The standard InChI is InChI=1S/C18H15F3N8O3/c19-18(20,21)16-11(8-24-29(16)13-3-4-14(30)27-26-13)17(32)25-10-1-2-12(23-7-10)28-6-5-22-15(31)9-28/h1-4,7-8H,5-6,9H2,(H,22,31)(H,25,32)(H,27,30). The summed E-state index contributed by atoms with van der Waals surface area (Å²) in [5.74, 6) is -1.03. The highest BCUT2D eigenvalue weighted by atomic mass is 19.4. The molecule has 14 heteroatoms. The molecule has 3 aromatic rings. The molecular formula is C18H15F3N8O3. The van der Waals surface area contributed by atoms with Crippen LogP contribution in [0.15, 0.2) is 41.5 Å². The topological polar surface area (TPSA) is 138 Å². The molecule has 0 saturated carbocycles. The number of aromatic amines is 1. The number of rotatable bonds is 4. The van der Waals surface area contributed by atoms with Gasteiger partial charge >= 0.3 is 6.18 Å². The Hall–Kier alpha value is -4.23. The van der Waals surface area contributed by atoms with Crippen LogP contribution in [-0.4, -0.2) is 56.4 Å². The predicted molar refractivity (Wildman–Crippen MR) is 104 cm³/mol. The second-order valence-corrected chi connectivity index (χ2v) is 6.73. The lowest BCUT2D eigenvalue weighted by Gasteiger charge is -2.27. The van der Waals surface area contributed by atoms with Crippen LogP contribution >= 0.6 is 0 Å². The number of alkyl halides is 3. The molecule has 1 aliphatic heterocycles. The summed E-state index contributed by atoms with van der Waals surface area (Å²) in [6.45, 7) is 1.15. The molecule has 0 radical (unpaired) electrons. The van der Waals surface area contributed by atoms with E-state index in [2.05, 4.69) is 25.8 Å². The van der Waals surface area contributed by atoms with Gasteiger partial charge in [0.25, 0.3) is 11.5 Å². The fourth-order valence-corrected chi connectivity index (χ4v) is 3.10. The van der Waals surface area contributed by atoms with Gasteiger partial charge in [0.15, 0.2) is 11.5 Å². The van der Waals surface area contributed by atoms with Crippen molar-refractivity contribution in [3.63, 3.8) is 0 Å². The molecule has 1 saturated heterocycles. The van der Waals surface area contributed by atoms with Gasteiger partial charge in [-0.1, -0.05) is 0 Å². The zero-order chi connectivity index (χ0) is 22.9. The summed E-state index contributed by atoms with van der Waals surface area (Å²) in [5, 5.41) is 14.2. The first-order valence-corrected chi connectivity index (χ1v) is 9.23. The Kier molecular flexibility index (Phi) is 5.34. The number of nitrogens with one attached hydrogen (secondary N) is 3. The van der Waals surface area contributed by atoms with Crippen LogP contribution in [0.3, 0.4) is 0 Å². The van der Waals surface area contributed by atoms with Crippen molar-refractivity contribution in [1.82, 2.24) is 30.3 Å². The van der Waals surface area contributed by atoms with Crippen LogP contribution in [0.4, 0.5) is 24.7 Å². The molecule has 1 aliphatic rings. The Morgan fingerprint density at radius 3 is 2.50 bits per heavy atom. The minimum absolute atomic E-state index is 0.131. The molecule has 3 N–H and O–H groups in total. The van der Waals surface area contributed by atoms with E-state index in [0.717, 1.165) is 18.3 Å². The number of nitrogens with zero attached hydrogens (tertiary/aromatic N) is 5. The van der Waals surface area contributed by atoms with Crippen LogP contribution in [0.25, 0.3) is 5.82 Å². The predicted octanol–water partition coefficient (Wildman–Crippen LogP) is 0.558. The van der Waals surface area contributed by atoms with Gasteiger partial charge in [0, 0.05) is 19.2 Å². The molecule has 4 heterocycles. The minimum Gasteiger partial charge on any atom is -0.353 e. The molecule has 166 valence electrons. The van der Waals surface area contributed by atoms with Crippen LogP contribution < -0.4 is 21.1 Å². The van der Waals surface area contributed by atoms with Crippen LogP contribution in [-0.2, 0) is 11.0 Å². The second kappa shape index (κ2) is 8.13. The van der Waals surface area contributed by atoms with E-state index in [1.54, 1.807) is 11.0 Å². The number of anilines is 2. The Labute approximate surface area is 177 Å². The first-order chi connectivity index (χ1) is 15.2. The van der Waals surface area contributed by atoms with Gasteiger partial charge in [-0.3, -0.25) is 14.4 Å². The van der Waals surface area contributed by atoms with E-state index in [0.29, 0.717) is 23.6 Å². The molecule has 0 aliphatic carbocycles. The smallest absolute Gasteiger partial charge is 0.353 e. The average molecular weight is 448 g/mol. The van der Waals surface area contributed by atoms with E-state index in [-0.39, 0.29) is 24.0 Å². The lowest BCUT2D eigenvalue weighted by atomic mass is 10.2. The van der Waals surface area contributed by atoms with E-state index in [4.69, 9.17) is 0 Å². The van der Waals surface area contributed by atoms with Crippen molar-refractivity contribution in [1.29, 1.82) is 0 Å². The van der Waals surface area contributed by atoms with E-state index in [1.165, 1.54) is 12.3 Å². The molecule has 2 amide bonds. The van der Waals surface area contributed by atoms with Gasteiger partial charge < -0.3 is 15.5 Å². The van der Waals surface area contributed by atoms with Crippen LogP contribution in [0.1, 0.15) is 16.1 Å². The molecule has 0 unspecified atom stereocenters. The van der Waals surface area contributed by atoms with Crippen LogP contribution in [0, 0.1) is 0 Å². The Balaban J connectivity index is 1.57. The van der Waals surface area contributed by atoms with E-state index < -0.39 is 28.9 Å². The molecule has 4 rings (SSSR count). The van der Waals surface area contributed by atoms with Crippen molar-refractivity contribution in [3.8, 4) is 5.82 Å². The van der Waals surface area contributed by atoms with Gasteiger partial charge in [0.1, 0.15) is 5.82 Å². The third-order valence-electron chi connectivity index (χ3n) is 4.53. The summed E-state index contributed by atoms with van der Waals surface area (Å²) in [6, 6.07) is 5.05. The highest BCUT2D eigenvalue weighted by molar-refractivity contribution is 6.05. The number of carbonyl (C=O) groups is 2. The van der Waals surface area contributed by atoms with Crippen molar-refractivity contribution in [2.45, 2.75) is 6.18 Å². The molecule has 0 aromatic carbocycles. The number of aromatic nitrogens is 5. The van der Waals surface area contributed by atoms with Crippen LogP contribution in [0.5, 0.6) is 0 Å². The van der Waals surface area contributed by atoms with E-state index >= 15 is 0 Å². The number of hydrogen-bond acceptors (Lipinski definition) is 7. The average Bonchev–Trinajstić information content (AvgIpc) is 3.21. The maximum absolute atomic E-state index is 13.7. The molecule has 1 fully saturated rings. The Morgan fingerprint density at radius 2 is 1.88 bits per heavy atom. The second-order valence-electron chi connectivity index (χ2n) is 6.73. The number of piperazine rings is 1. The Bertz CT molecular complexity index is 1200. The third-order valence-corrected chi connectivity index (χ3v) is 4.53. The van der Waals surface area contributed by atoms with E-state index in [1.807, 2.05) is 5.10 Å². The highest BCUT2D eigenvalue weighted by Crippen LogP contribution is 2.33. The first kappa shape index (κ1) is 21.0. The maximum Gasteiger partial charge on any atom is 0.434 e. The molecular weight excluding hydrogens is 433 g/mol. The zero-order valence-electron chi connectivity index (χ0n) is 16.2. The van der Waals surface area contributed by atoms with Crippen molar-refractivity contribution in [2.75, 3.05) is 29.9 Å². The largest absolute Gasteiger partial charge is 0.434 e. The normalized spacial score (nSPS) is 14.2. The fourth-order valence-electron chi connectivity index (χ4n) is 3.10. The summed E-state index contributed by atoms with van der Waals surface area (Å²) in [6.07, 6.45) is -2.89. The molecule has 0 bridgehead atoms. The summed E-state index contributed by atoms with van der Waals surface area (Å²) in [5.41, 5.74) is -2.53. The fraction of sp³-hybridized carbons (Fsp3) is 0.222. The Morgan fingerprint density at radius 1 is 1.09 bits per heavy atom. The van der Waals surface area contributed by atoms with Crippen molar-refractivity contribution < 1.29 is 22.8 Å². The van der Waals surface area contributed by atoms with Gasteiger partial charge in [-0.05, 0) is 18.2 Å². The van der Waals surface area contributed by atoms with Gasteiger partial charge in [-0.15, -0.1) is 0 Å². The zero-order valence-corrected chi connectivity index (χ0v) is 16.2. The molecule has 32 heavy (non-hydrogen) atoms. The van der Waals surface area contributed by atoms with Gasteiger partial charge in [0.05, 0.1) is 30.2 Å². The monoisotopic (exact) mass is 448 g/mol. The van der Waals surface area contributed by atoms with E-state index in [9.17, 15) is 27.6 Å². The summed E-state index contributed by atoms with van der Waals surface area (Å²) < 4.78 is 41.5. The third kappa shape index (κ3) is 4.28. The molecule has 0 atom stereocenters. The first-order valence-electron chi connectivity index (χ1n) is 9.23. The summed E-state index contributed by atoms with van der Waals surface area (Å²) in [4.78, 5) is 41.1. The number of hydrogen-bond donors (Lipinski definition) is 3. The highest BCUT2D eigenvalue weighted by Gasteiger charge is 2.41. The SMILES string of the molecule is O=C1CN(c2ccc(NC(=O)c3cnn(-c4ccc(=O)[nH]n4)c3C(F)(F)F)cn2)CCN1. The number of amides is 2. The number of carbonyl (C=O) groups excluding carboxylic acids is 2. The maximum atomic E-state index is 13.7.